The van der Waals surface area contributed by atoms with Crippen molar-refractivity contribution in [3.63, 3.8) is 0 Å². The molecule has 0 aliphatic carbocycles. The summed E-state index contributed by atoms with van der Waals surface area (Å²) in [7, 11) is 3.17. The SMILES string of the molecule is COc1ccc(Nc2nc(C(=O)Nc3ccc(C(C)C)cc3)cs2)cc1OC. The summed E-state index contributed by atoms with van der Waals surface area (Å²) < 4.78 is 10.5. The van der Waals surface area contributed by atoms with E-state index in [2.05, 4.69) is 29.5 Å². The van der Waals surface area contributed by atoms with Crippen LogP contribution in [0.4, 0.5) is 16.5 Å². The summed E-state index contributed by atoms with van der Waals surface area (Å²) in [6.45, 7) is 4.27. The first kappa shape index (κ1) is 19.7. The fourth-order valence-electron chi connectivity index (χ4n) is 2.62. The predicted molar refractivity (Wildman–Crippen MR) is 113 cm³/mol. The summed E-state index contributed by atoms with van der Waals surface area (Å²) in [5.41, 5.74) is 3.13. The van der Waals surface area contributed by atoms with Gasteiger partial charge in [0.05, 0.1) is 14.2 Å². The Balaban J connectivity index is 1.67. The van der Waals surface area contributed by atoms with E-state index in [1.807, 2.05) is 42.5 Å². The number of ether oxygens (including phenoxy) is 2. The highest BCUT2D eigenvalue weighted by Crippen LogP contribution is 2.31. The monoisotopic (exact) mass is 397 g/mol. The van der Waals surface area contributed by atoms with Crippen molar-refractivity contribution < 1.29 is 14.3 Å². The van der Waals surface area contributed by atoms with E-state index >= 15 is 0 Å². The van der Waals surface area contributed by atoms with Gasteiger partial charge >= 0.3 is 0 Å². The molecule has 0 unspecified atom stereocenters. The van der Waals surface area contributed by atoms with Gasteiger partial charge in [0.1, 0.15) is 5.69 Å². The standard InChI is InChI=1S/C21H23N3O3S/c1-13(2)14-5-7-15(8-6-14)22-20(25)17-12-28-21(24-17)23-16-9-10-18(26-3)19(11-16)27-4/h5-13H,1-4H3,(H,22,25)(H,23,24). The van der Waals surface area contributed by atoms with Crippen LogP contribution >= 0.6 is 11.3 Å². The third-order valence-corrected chi connectivity index (χ3v) is 4.96. The van der Waals surface area contributed by atoms with Crippen molar-refractivity contribution in [1.29, 1.82) is 0 Å². The average Bonchev–Trinajstić information content (AvgIpc) is 3.17. The van der Waals surface area contributed by atoms with Crippen molar-refractivity contribution in [2.45, 2.75) is 19.8 Å². The van der Waals surface area contributed by atoms with E-state index in [-0.39, 0.29) is 5.91 Å². The molecular formula is C21H23N3O3S. The Hall–Kier alpha value is -3.06. The lowest BCUT2D eigenvalue weighted by Crippen LogP contribution is -2.12. The summed E-state index contributed by atoms with van der Waals surface area (Å²) in [4.78, 5) is 16.8. The first-order chi connectivity index (χ1) is 13.5. The van der Waals surface area contributed by atoms with Crippen molar-refractivity contribution in [3.8, 4) is 11.5 Å². The molecule has 0 aliphatic heterocycles. The fraction of sp³-hybridized carbons (Fsp3) is 0.238. The number of methoxy groups -OCH3 is 2. The maximum Gasteiger partial charge on any atom is 0.275 e. The van der Waals surface area contributed by atoms with Crippen molar-refractivity contribution >= 4 is 33.8 Å². The van der Waals surface area contributed by atoms with Crippen molar-refractivity contribution in [3.05, 3.63) is 59.1 Å². The second-order valence-corrected chi connectivity index (χ2v) is 7.32. The Bertz CT molecular complexity index is 952. The van der Waals surface area contributed by atoms with Crippen LogP contribution in [0.5, 0.6) is 11.5 Å². The first-order valence-electron chi connectivity index (χ1n) is 8.86. The van der Waals surface area contributed by atoms with Crippen LogP contribution in [-0.2, 0) is 0 Å². The van der Waals surface area contributed by atoms with Gasteiger partial charge in [0.2, 0.25) is 0 Å². The van der Waals surface area contributed by atoms with Crippen LogP contribution in [0.15, 0.2) is 47.8 Å². The van der Waals surface area contributed by atoms with Crippen LogP contribution in [0.3, 0.4) is 0 Å². The normalized spacial score (nSPS) is 10.6. The summed E-state index contributed by atoms with van der Waals surface area (Å²) in [5, 5.41) is 8.40. The zero-order valence-corrected chi connectivity index (χ0v) is 17.1. The lowest BCUT2D eigenvalue weighted by Gasteiger charge is -2.09. The largest absolute Gasteiger partial charge is 0.493 e. The minimum absolute atomic E-state index is 0.242. The summed E-state index contributed by atoms with van der Waals surface area (Å²) >= 11 is 1.36. The quantitative estimate of drug-likeness (QED) is 0.567. The van der Waals surface area contributed by atoms with Crippen LogP contribution in [0, 0.1) is 0 Å². The molecule has 0 spiro atoms. The molecule has 0 radical (unpaired) electrons. The molecule has 3 rings (SSSR count). The Labute approximate surface area is 168 Å². The second kappa shape index (κ2) is 8.75. The van der Waals surface area contributed by atoms with E-state index in [0.29, 0.717) is 28.2 Å². The zero-order chi connectivity index (χ0) is 20.1. The Morgan fingerprint density at radius 3 is 2.32 bits per heavy atom. The predicted octanol–water partition coefficient (Wildman–Crippen LogP) is 5.28. The van der Waals surface area contributed by atoms with Crippen molar-refractivity contribution in [2.75, 3.05) is 24.9 Å². The van der Waals surface area contributed by atoms with E-state index < -0.39 is 0 Å². The van der Waals surface area contributed by atoms with Crippen molar-refractivity contribution in [1.82, 2.24) is 4.98 Å². The van der Waals surface area contributed by atoms with Gasteiger partial charge in [-0.15, -0.1) is 11.3 Å². The van der Waals surface area contributed by atoms with Gasteiger partial charge in [-0.2, -0.15) is 0 Å². The minimum Gasteiger partial charge on any atom is -0.493 e. The number of nitrogens with zero attached hydrogens (tertiary/aromatic N) is 1. The van der Waals surface area contributed by atoms with Crippen LogP contribution in [-0.4, -0.2) is 25.1 Å². The molecule has 3 aromatic rings. The van der Waals surface area contributed by atoms with Crippen LogP contribution < -0.4 is 20.1 Å². The number of aromatic nitrogens is 1. The smallest absolute Gasteiger partial charge is 0.275 e. The highest BCUT2D eigenvalue weighted by molar-refractivity contribution is 7.14. The molecular weight excluding hydrogens is 374 g/mol. The molecule has 1 amide bonds. The van der Waals surface area contributed by atoms with E-state index in [0.717, 1.165) is 11.4 Å². The number of carbonyl (C=O) groups excluding carboxylic acids is 1. The number of nitrogens with one attached hydrogen (secondary N) is 2. The number of amides is 1. The highest BCUT2D eigenvalue weighted by atomic mass is 32.1. The fourth-order valence-corrected chi connectivity index (χ4v) is 3.33. The van der Waals surface area contributed by atoms with Gasteiger partial charge in [-0.1, -0.05) is 26.0 Å². The van der Waals surface area contributed by atoms with Gasteiger partial charge < -0.3 is 20.1 Å². The van der Waals surface area contributed by atoms with Crippen LogP contribution in [0.25, 0.3) is 0 Å². The molecule has 0 saturated carbocycles. The van der Waals surface area contributed by atoms with Crippen molar-refractivity contribution in [2.24, 2.45) is 0 Å². The molecule has 6 nitrogen and oxygen atoms in total. The number of benzene rings is 2. The molecule has 1 aromatic heterocycles. The Morgan fingerprint density at radius 2 is 1.68 bits per heavy atom. The molecule has 2 aromatic carbocycles. The minimum atomic E-state index is -0.242. The van der Waals surface area contributed by atoms with Gasteiger partial charge in [-0.25, -0.2) is 4.98 Å². The molecule has 0 fully saturated rings. The van der Waals surface area contributed by atoms with Gasteiger partial charge in [-0.05, 0) is 35.7 Å². The molecule has 0 aliphatic rings. The second-order valence-electron chi connectivity index (χ2n) is 6.46. The van der Waals surface area contributed by atoms with Gasteiger partial charge in [0, 0.05) is 22.8 Å². The maximum absolute atomic E-state index is 12.5. The summed E-state index contributed by atoms with van der Waals surface area (Å²) in [5.74, 6) is 1.48. The molecule has 0 bridgehead atoms. The zero-order valence-electron chi connectivity index (χ0n) is 16.3. The number of rotatable bonds is 7. The molecule has 1 heterocycles. The third-order valence-electron chi connectivity index (χ3n) is 4.21. The molecule has 0 atom stereocenters. The summed E-state index contributed by atoms with van der Waals surface area (Å²) in [6.07, 6.45) is 0. The van der Waals surface area contributed by atoms with Crippen LogP contribution in [0.1, 0.15) is 35.8 Å². The van der Waals surface area contributed by atoms with Gasteiger partial charge in [-0.3, -0.25) is 4.79 Å². The molecule has 7 heteroatoms. The van der Waals surface area contributed by atoms with Gasteiger partial charge in [0.15, 0.2) is 16.6 Å². The Morgan fingerprint density at radius 1 is 1.00 bits per heavy atom. The number of thiazole rings is 1. The van der Waals surface area contributed by atoms with Crippen LogP contribution in [0.2, 0.25) is 0 Å². The molecule has 28 heavy (non-hydrogen) atoms. The lowest BCUT2D eigenvalue weighted by molar-refractivity contribution is 0.102. The third kappa shape index (κ3) is 4.61. The number of hydrogen-bond acceptors (Lipinski definition) is 6. The molecule has 0 saturated heterocycles. The van der Waals surface area contributed by atoms with E-state index in [4.69, 9.17) is 9.47 Å². The topological polar surface area (TPSA) is 72.5 Å². The first-order valence-corrected chi connectivity index (χ1v) is 9.74. The molecule has 2 N–H and O–H groups in total. The molecule has 146 valence electrons. The lowest BCUT2D eigenvalue weighted by atomic mass is 10.0. The number of carbonyl (C=O) groups is 1. The maximum atomic E-state index is 12.5. The van der Waals surface area contributed by atoms with Gasteiger partial charge in [0.25, 0.3) is 5.91 Å². The summed E-state index contributed by atoms with van der Waals surface area (Å²) in [6, 6.07) is 13.3. The Kier molecular flexibility index (Phi) is 6.16. The van der Waals surface area contributed by atoms with E-state index in [1.165, 1.54) is 16.9 Å². The van der Waals surface area contributed by atoms with E-state index in [9.17, 15) is 4.79 Å². The average molecular weight is 398 g/mol. The number of hydrogen-bond donors (Lipinski definition) is 2. The van der Waals surface area contributed by atoms with E-state index in [1.54, 1.807) is 19.6 Å². The highest BCUT2D eigenvalue weighted by Gasteiger charge is 2.12. The number of anilines is 3.